The monoisotopic (exact) mass is 201 g/mol. The molecule has 1 heterocycles. The molecule has 1 aliphatic rings. The Kier molecular flexibility index (Phi) is 6.30. The van der Waals surface area contributed by atoms with Gasteiger partial charge in [0.05, 0.1) is 0 Å². The van der Waals surface area contributed by atoms with E-state index in [4.69, 9.17) is 11.6 Å². The summed E-state index contributed by atoms with van der Waals surface area (Å²) in [6.45, 7) is 3.63. The lowest BCUT2D eigenvalue weighted by molar-refractivity contribution is 0.271. The molecular formula is C11H20ClN. The van der Waals surface area contributed by atoms with Crippen LogP contribution in [0.1, 0.15) is 32.1 Å². The summed E-state index contributed by atoms with van der Waals surface area (Å²) in [5.41, 5.74) is 0. The maximum atomic E-state index is 5.57. The quantitative estimate of drug-likeness (QED) is 0.501. The molecule has 0 aromatic carbocycles. The van der Waals surface area contributed by atoms with Gasteiger partial charge in [-0.2, -0.15) is 0 Å². The number of halogens is 1. The van der Waals surface area contributed by atoms with Crippen LogP contribution in [0.3, 0.4) is 0 Å². The third-order valence-corrected chi connectivity index (χ3v) is 2.75. The Bertz CT molecular complexity index is 137. The molecule has 0 saturated carbocycles. The third kappa shape index (κ3) is 5.33. The SMILES string of the molecule is ClCC=CCN1CCCCCCC1. The number of rotatable bonds is 3. The first kappa shape index (κ1) is 11.1. The number of hydrogen-bond donors (Lipinski definition) is 0. The molecule has 0 aliphatic carbocycles. The van der Waals surface area contributed by atoms with Crippen molar-refractivity contribution in [2.24, 2.45) is 0 Å². The zero-order valence-corrected chi connectivity index (χ0v) is 9.10. The second-order valence-corrected chi connectivity index (χ2v) is 4.00. The highest BCUT2D eigenvalue weighted by Crippen LogP contribution is 2.09. The number of nitrogens with zero attached hydrogens (tertiary/aromatic N) is 1. The van der Waals surface area contributed by atoms with Gasteiger partial charge in [0.15, 0.2) is 0 Å². The Morgan fingerprint density at radius 1 is 0.923 bits per heavy atom. The fraction of sp³-hybridized carbons (Fsp3) is 0.818. The van der Waals surface area contributed by atoms with E-state index >= 15 is 0 Å². The molecule has 0 atom stereocenters. The second kappa shape index (κ2) is 7.40. The first-order chi connectivity index (χ1) is 6.43. The predicted molar refractivity (Wildman–Crippen MR) is 59.4 cm³/mol. The van der Waals surface area contributed by atoms with Gasteiger partial charge in [0.2, 0.25) is 0 Å². The molecule has 13 heavy (non-hydrogen) atoms. The summed E-state index contributed by atoms with van der Waals surface area (Å²) in [5, 5.41) is 0. The molecule has 0 radical (unpaired) electrons. The van der Waals surface area contributed by atoms with Gasteiger partial charge in [0, 0.05) is 12.4 Å². The van der Waals surface area contributed by atoms with Crippen LogP contribution in [0.25, 0.3) is 0 Å². The van der Waals surface area contributed by atoms with Crippen LogP contribution in [-0.2, 0) is 0 Å². The maximum absolute atomic E-state index is 5.57. The fourth-order valence-electron chi connectivity index (χ4n) is 1.78. The van der Waals surface area contributed by atoms with E-state index in [1.54, 1.807) is 0 Å². The molecular weight excluding hydrogens is 182 g/mol. The first-order valence-electron chi connectivity index (χ1n) is 5.37. The third-order valence-electron chi connectivity index (χ3n) is 2.57. The Balaban J connectivity index is 2.17. The lowest BCUT2D eigenvalue weighted by Gasteiger charge is -2.22. The minimum absolute atomic E-state index is 0.647. The van der Waals surface area contributed by atoms with Gasteiger partial charge in [-0.15, -0.1) is 11.6 Å². The molecule has 0 aromatic rings. The number of likely N-dealkylation sites (tertiary alicyclic amines) is 1. The van der Waals surface area contributed by atoms with Crippen LogP contribution < -0.4 is 0 Å². The Morgan fingerprint density at radius 3 is 2.15 bits per heavy atom. The summed E-state index contributed by atoms with van der Waals surface area (Å²) in [5.74, 6) is 0.647. The van der Waals surface area contributed by atoms with Crippen LogP contribution in [0.2, 0.25) is 0 Å². The van der Waals surface area contributed by atoms with Gasteiger partial charge in [0.1, 0.15) is 0 Å². The van der Waals surface area contributed by atoms with Gasteiger partial charge in [-0.1, -0.05) is 31.4 Å². The molecule has 1 fully saturated rings. The van der Waals surface area contributed by atoms with Gasteiger partial charge in [-0.25, -0.2) is 0 Å². The van der Waals surface area contributed by atoms with Crippen LogP contribution in [0, 0.1) is 0 Å². The zero-order chi connectivity index (χ0) is 9.36. The summed E-state index contributed by atoms with van der Waals surface area (Å²) >= 11 is 5.57. The van der Waals surface area contributed by atoms with Crippen LogP contribution in [-0.4, -0.2) is 30.4 Å². The first-order valence-corrected chi connectivity index (χ1v) is 5.90. The van der Waals surface area contributed by atoms with E-state index in [-0.39, 0.29) is 0 Å². The van der Waals surface area contributed by atoms with Gasteiger partial charge >= 0.3 is 0 Å². The van der Waals surface area contributed by atoms with E-state index in [0.717, 1.165) is 6.54 Å². The van der Waals surface area contributed by atoms with Gasteiger partial charge in [-0.05, 0) is 25.9 Å². The molecule has 1 saturated heterocycles. The average molecular weight is 202 g/mol. The van der Waals surface area contributed by atoms with Crippen molar-refractivity contribution in [2.75, 3.05) is 25.5 Å². The van der Waals surface area contributed by atoms with Crippen molar-refractivity contribution in [1.82, 2.24) is 4.90 Å². The topological polar surface area (TPSA) is 3.24 Å². The summed E-state index contributed by atoms with van der Waals surface area (Å²) < 4.78 is 0. The van der Waals surface area contributed by atoms with Crippen molar-refractivity contribution in [2.45, 2.75) is 32.1 Å². The van der Waals surface area contributed by atoms with Crippen molar-refractivity contribution in [3.05, 3.63) is 12.2 Å². The smallest absolute Gasteiger partial charge is 0.0404 e. The van der Waals surface area contributed by atoms with E-state index in [2.05, 4.69) is 11.0 Å². The van der Waals surface area contributed by atoms with Crippen LogP contribution in [0.5, 0.6) is 0 Å². The molecule has 1 nitrogen and oxygen atoms in total. The minimum Gasteiger partial charge on any atom is -0.300 e. The molecule has 76 valence electrons. The highest BCUT2D eigenvalue weighted by molar-refractivity contribution is 6.18. The lowest BCUT2D eigenvalue weighted by atomic mass is 10.1. The highest BCUT2D eigenvalue weighted by Gasteiger charge is 2.05. The normalized spacial score (nSPS) is 21.6. The maximum Gasteiger partial charge on any atom is 0.0404 e. The van der Waals surface area contributed by atoms with Crippen molar-refractivity contribution < 1.29 is 0 Å². The number of alkyl halides is 1. The predicted octanol–water partition coefficient (Wildman–Crippen LogP) is 3.05. The molecule has 0 aromatic heterocycles. The highest BCUT2D eigenvalue weighted by atomic mass is 35.5. The van der Waals surface area contributed by atoms with Crippen LogP contribution >= 0.6 is 11.6 Å². The summed E-state index contributed by atoms with van der Waals surface area (Å²) in [6.07, 6.45) is 11.2. The number of allylic oxidation sites excluding steroid dienone is 1. The van der Waals surface area contributed by atoms with Gasteiger partial charge < -0.3 is 0 Å². The second-order valence-electron chi connectivity index (χ2n) is 3.69. The molecule has 0 bridgehead atoms. The summed E-state index contributed by atoms with van der Waals surface area (Å²) in [4.78, 5) is 2.53. The fourth-order valence-corrected chi connectivity index (χ4v) is 1.91. The van der Waals surface area contributed by atoms with Gasteiger partial charge in [0.25, 0.3) is 0 Å². The summed E-state index contributed by atoms with van der Waals surface area (Å²) in [6, 6.07) is 0. The van der Waals surface area contributed by atoms with E-state index in [1.807, 2.05) is 6.08 Å². The molecule has 0 unspecified atom stereocenters. The average Bonchev–Trinajstić information content (AvgIpc) is 2.08. The largest absolute Gasteiger partial charge is 0.300 e. The van der Waals surface area contributed by atoms with Crippen molar-refractivity contribution in [3.8, 4) is 0 Å². The van der Waals surface area contributed by atoms with Gasteiger partial charge in [-0.3, -0.25) is 4.90 Å². The van der Waals surface area contributed by atoms with Crippen LogP contribution in [0.15, 0.2) is 12.2 Å². The van der Waals surface area contributed by atoms with E-state index in [1.165, 1.54) is 45.2 Å². The zero-order valence-electron chi connectivity index (χ0n) is 8.34. The minimum atomic E-state index is 0.647. The standard InChI is InChI=1S/C11H20ClN/c12-8-4-7-11-13-9-5-2-1-3-6-10-13/h4,7H,1-3,5-6,8-11H2. The molecule has 1 rings (SSSR count). The molecule has 0 amide bonds. The Labute approximate surface area is 86.8 Å². The van der Waals surface area contributed by atoms with Crippen molar-refractivity contribution in [3.63, 3.8) is 0 Å². The van der Waals surface area contributed by atoms with Crippen LogP contribution in [0.4, 0.5) is 0 Å². The van der Waals surface area contributed by atoms with E-state index < -0.39 is 0 Å². The molecule has 0 N–H and O–H groups in total. The molecule has 1 aliphatic heterocycles. The number of hydrogen-bond acceptors (Lipinski definition) is 1. The Morgan fingerprint density at radius 2 is 1.54 bits per heavy atom. The summed E-state index contributed by atoms with van der Waals surface area (Å²) in [7, 11) is 0. The van der Waals surface area contributed by atoms with Crippen molar-refractivity contribution >= 4 is 11.6 Å². The van der Waals surface area contributed by atoms with E-state index in [9.17, 15) is 0 Å². The lowest BCUT2D eigenvalue weighted by Crippen LogP contribution is -2.27. The molecule has 0 spiro atoms. The Hall–Kier alpha value is -0.0100. The van der Waals surface area contributed by atoms with E-state index in [0.29, 0.717) is 5.88 Å². The molecule has 2 heteroatoms. The van der Waals surface area contributed by atoms with Crippen molar-refractivity contribution in [1.29, 1.82) is 0 Å².